The molecule has 0 saturated heterocycles. The average molecular weight is 311 g/mol. The number of rotatable bonds is 4. The van der Waals surface area contributed by atoms with Gasteiger partial charge in [0.05, 0.1) is 4.90 Å². The number of benzene rings is 1. The molecule has 0 aliphatic heterocycles. The molecule has 7 heteroatoms. The molecule has 0 heterocycles. The van der Waals surface area contributed by atoms with Crippen LogP contribution in [0.3, 0.4) is 0 Å². The summed E-state index contributed by atoms with van der Waals surface area (Å²) in [7, 11) is -1.85. The number of carbonyl (C=O) groups is 1. The zero-order valence-electron chi connectivity index (χ0n) is 12.1. The highest BCUT2D eigenvalue weighted by Gasteiger charge is 2.28. The van der Waals surface area contributed by atoms with Crippen LogP contribution in [0, 0.1) is 0 Å². The minimum Gasteiger partial charge on any atom is -0.351 e. The monoisotopic (exact) mass is 311 g/mol. The summed E-state index contributed by atoms with van der Waals surface area (Å²) < 4.78 is 26.6. The van der Waals surface area contributed by atoms with E-state index in [4.69, 9.17) is 5.73 Å². The third-order valence-corrected chi connectivity index (χ3v) is 5.81. The second-order valence-corrected chi connectivity index (χ2v) is 7.32. The van der Waals surface area contributed by atoms with Crippen molar-refractivity contribution in [3.05, 3.63) is 24.3 Å². The third-order valence-electron chi connectivity index (χ3n) is 3.89. The Kier molecular flexibility index (Phi) is 4.84. The molecular weight excluding hydrogens is 290 g/mol. The van der Waals surface area contributed by atoms with Crippen molar-refractivity contribution in [2.24, 2.45) is 5.73 Å². The van der Waals surface area contributed by atoms with Crippen molar-refractivity contribution in [2.75, 3.05) is 12.4 Å². The van der Waals surface area contributed by atoms with E-state index in [0.717, 1.165) is 25.7 Å². The molecule has 1 aromatic carbocycles. The zero-order valence-corrected chi connectivity index (χ0v) is 12.9. The lowest BCUT2D eigenvalue weighted by atomic mass is 9.96. The number of hydrogen-bond donors (Lipinski definition) is 2. The first kappa shape index (κ1) is 15.8. The van der Waals surface area contributed by atoms with E-state index in [9.17, 15) is 13.2 Å². The van der Waals surface area contributed by atoms with Crippen molar-refractivity contribution < 1.29 is 13.2 Å². The van der Waals surface area contributed by atoms with Crippen LogP contribution in [-0.2, 0) is 10.0 Å². The van der Waals surface area contributed by atoms with E-state index in [1.54, 1.807) is 7.05 Å². The lowest BCUT2D eigenvalue weighted by Gasteiger charge is -2.30. The maximum absolute atomic E-state index is 12.6. The summed E-state index contributed by atoms with van der Waals surface area (Å²) in [6, 6.07) is 5.44. The fourth-order valence-electron chi connectivity index (χ4n) is 2.66. The largest absolute Gasteiger partial charge is 0.351 e. The van der Waals surface area contributed by atoms with Crippen LogP contribution in [0.15, 0.2) is 29.2 Å². The Balaban J connectivity index is 2.16. The second kappa shape index (κ2) is 6.44. The van der Waals surface area contributed by atoms with Crippen molar-refractivity contribution in [1.29, 1.82) is 0 Å². The minimum atomic E-state index is -3.49. The number of anilines is 1. The Morgan fingerprint density at radius 1 is 1.19 bits per heavy atom. The van der Waals surface area contributed by atoms with Crippen molar-refractivity contribution in [2.45, 2.75) is 43.0 Å². The Morgan fingerprint density at radius 3 is 2.29 bits per heavy atom. The topological polar surface area (TPSA) is 92.5 Å². The minimum absolute atomic E-state index is 0.0761. The predicted molar refractivity (Wildman–Crippen MR) is 81.5 cm³/mol. The smallest absolute Gasteiger partial charge is 0.316 e. The first-order chi connectivity index (χ1) is 9.91. The fourth-order valence-corrected chi connectivity index (χ4v) is 4.08. The number of hydrogen-bond acceptors (Lipinski definition) is 3. The number of nitrogens with two attached hydrogens (primary N) is 1. The molecule has 0 atom stereocenters. The Bertz CT molecular complexity index is 592. The van der Waals surface area contributed by atoms with Gasteiger partial charge in [-0.05, 0) is 37.1 Å². The maximum atomic E-state index is 12.6. The molecule has 0 radical (unpaired) electrons. The van der Waals surface area contributed by atoms with Crippen LogP contribution in [0.25, 0.3) is 0 Å². The highest BCUT2D eigenvalue weighted by molar-refractivity contribution is 7.89. The molecule has 21 heavy (non-hydrogen) atoms. The Morgan fingerprint density at radius 2 is 1.76 bits per heavy atom. The molecule has 0 aromatic heterocycles. The van der Waals surface area contributed by atoms with Gasteiger partial charge in [-0.2, -0.15) is 4.31 Å². The summed E-state index contributed by atoms with van der Waals surface area (Å²) in [5.74, 6) is 0. The van der Waals surface area contributed by atoms with Gasteiger partial charge in [-0.15, -0.1) is 0 Å². The van der Waals surface area contributed by atoms with Crippen molar-refractivity contribution >= 4 is 21.7 Å². The summed E-state index contributed by atoms with van der Waals surface area (Å²) in [4.78, 5) is 11.0. The lowest BCUT2D eigenvalue weighted by Crippen LogP contribution is -2.38. The van der Waals surface area contributed by atoms with Gasteiger partial charge in [-0.25, -0.2) is 13.2 Å². The van der Waals surface area contributed by atoms with E-state index in [-0.39, 0.29) is 10.9 Å². The Hall–Kier alpha value is -1.60. The van der Waals surface area contributed by atoms with Gasteiger partial charge in [0.25, 0.3) is 0 Å². The van der Waals surface area contributed by atoms with E-state index in [1.807, 2.05) is 0 Å². The molecule has 1 aliphatic rings. The van der Waals surface area contributed by atoms with Gasteiger partial charge in [0.15, 0.2) is 0 Å². The van der Waals surface area contributed by atoms with Crippen LogP contribution in [-0.4, -0.2) is 31.8 Å². The first-order valence-electron chi connectivity index (χ1n) is 7.06. The van der Waals surface area contributed by atoms with Crippen molar-refractivity contribution in [1.82, 2.24) is 4.31 Å². The summed E-state index contributed by atoms with van der Waals surface area (Å²) in [5, 5.41) is 2.41. The van der Waals surface area contributed by atoms with Crippen LogP contribution in [0.2, 0.25) is 0 Å². The molecule has 116 valence electrons. The second-order valence-electron chi connectivity index (χ2n) is 5.33. The molecule has 1 aliphatic carbocycles. The van der Waals surface area contributed by atoms with Gasteiger partial charge in [0, 0.05) is 18.8 Å². The molecule has 2 rings (SSSR count). The molecule has 1 fully saturated rings. The highest BCUT2D eigenvalue weighted by atomic mass is 32.2. The van der Waals surface area contributed by atoms with Crippen LogP contribution in [0.4, 0.5) is 10.5 Å². The van der Waals surface area contributed by atoms with Crippen molar-refractivity contribution in [3.63, 3.8) is 0 Å². The van der Waals surface area contributed by atoms with Gasteiger partial charge in [-0.1, -0.05) is 19.3 Å². The van der Waals surface area contributed by atoms with Gasteiger partial charge >= 0.3 is 6.03 Å². The standard InChI is InChI=1S/C14H21N3O3S/c1-17(12-5-3-2-4-6-12)21(19,20)13-9-7-11(8-10-13)16-14(15)18/h7-10,12H,2-6H2,1H3,(H3,15,16,18). The molecule has 1 saturated carbocycles. The molecular formula is C14H21N3O3S. The zero-order chi connectivity index (χ0) is 15.5. The summed E-state index contributed by atoms with van der Waals surface area (Å²) in [6.45, 7) is 0. The fraction of sp³-hybridized carbons (Fsp3) is 0.500. The normalized spacial score (nSPS) is 16.9. The SMILES string of the molecule is CN(C1CCCCC1)S(=O)(=O)c1ccc(NC(N)=O)cc1. The molecule has 1 aromatic rings. The van der Waals surface area contributed by atoms with Gasteiger partial charge in [0.1, 0.15) is 0 Å². The number of urea groups is 1. The van der Waals surface area contributed by atoms with E-state index in [1.165, 1.54) is 35.0 Å². The molecule has 3 N–H and O–H groups in total. The first-order valence-corrected chi connectivity index (χ1v) is 8.50. The van der Waals surface area contributed by atoms with Gasteiger partial charge in [0.2, 0.25) is 10.0 Å². The van der Waals surface area contributed by atoms with Crippen LogP contribution >= 0.6 is 0 Å². The quantitative estimate of drug-likeness (QED) is 0.892. The average Bonchev–Trinajstić information content (AvgIpc) is 2.47. The van der Waals surface area contributed by atoms with Crippen LogP contribution in [0.1, 0.15) is 32.1 Å². The molecule has 0 spiro atoms. The number of nitrogens with zero attached hydrogens (tertiary/aromatic N) is 1. The molecule has 6 nitrogen and oxygen atoms in total. The third kappa shape index (κ3) is 3.74. The number of primary amides is 1. The molecule has 0 unspecified atom stereocenters. The number of nitrogens with one attached hydrogen (secondary N) is 1. The summed E-state index contributed by atoms with van der Waals surface area (Å²) >= 11 is 0. The lowest BCUT2D eigenvalue weighted by molar-refractivity contribution is 0.259. The van der Waals surface area contributed by atoms with Crippen molar-refractivity contribution in [3.8, 4) is 0 Å². The van der Waals surface area contributed by atoms with Crippen LogP contribution < -0.4 is 11.1 Å². The van der Waals surface area contributed by atoms with E-state index >= 15 is 0 Å². The molecule has 2 amide bonds. The van der Waals surface area contributed by atoms with E-state index in [2.05, 4.69) is 5.32 Å². The van der Waals surface area contributed by atoms with Gasteiger partial charge < -0.3 is 11.1 Å². The van der Waals surface area contributed by atoms with E-state index < -0.39 is 16.1 Å². The van der Waals surface area contributed by atoms with E-state index in [0.29, 0.717) is 5.69 Å². The number of amides is 2. The number of carbonyl (C=O) groups excluding carboxylic acids is 1. The van der Waals surface area contributed by atoms with Gasteiger partial charge in [-0.3, -0.25) is 0 Å². The number of sulfonamides is 1. The van der Waals surface area contributed by atoms with Crippen LogP contribution in [0.5, 0.6) is 0 Å². The molecule has 0 bridgehead atoms. The summed E-state index contributed by atoms with van der Waals surface area (Å²) in [6.07, 6.45) is 5.16. The highest BCUT2D eigenvalue weighted by Crippen LogP contribution is 2.26. The Labute approximate surface area is 125 Å². The summed E-state index contributed by atoms with van der Waals surface area (Å²) in [5.41, 5.74) is 5.49. The maximum Gasteiger partial charge on any atom is 0.316 e. The predicted octanol–water partition coefficient (Wildman–Crippen LogP) is 2.13.